The van der Waals surface area contributed by atoms with Crippen molar-refractivity contribution in [3.8, 4) is 11.5 Å². The molecule has 1 unspecified atom stereocenters. The van der Waals surface area contributed by atoms with Gasteiger partial charge in [0.25, 0.3) is 0 Å². The first-order valence-electron chi connectivity index (χ1n) is 9.15. The molecule has 2 fully saturated rings. The van der Waals surface area contributed by atoms with E-state index in [1.54, 1.807) is 20.5 Å². The third-order valence-electron chi connectivity index (χ3n) is 5.62. The first-order valence-corrected chi connectivity index (χ1v) is 9.15. The molecule has 1 atom stereocenters. The van der Waals surface area contributed by atoms with E-state index in [2.05, 4.69) is 20.2 Å². The maximum absolute atomic E-state index is 5.50. The number of hydrogen-bond donors (Lipinski definition) is 1. The number of nitrogens with one attached hydrogen (secondary N) is 1. The Hall–Kier alpha value is -2.08. The average Bonchev–Trinajstić information content (AvgIpc) is 3.21. The molecule has 6 nitrogen and oxygen atoms in total. The van der Waals surface area contributed by atoms with Gasteiger partial charge in [-0.05, 0) is 44.2 Å². The summed E-state index contributed by atoms with van der Waals surface area (Å²) in [6, 6.07) is 4.60. The van der Waals surface area contributed by atoms with Gasteiger partial charge >= 0.3 is 0 Å². The van der Waals surface area contributed by atoms with Crippen molar-refractivity contribution in [2.45, 2.75) is 31.7 Å². The van der Waals surface area contributed by atoms with Gasteiger partial charge in [0.1, 0.15) is 29.2 Å². The molecule has 4 rings (SSSR count). The summed E-state index contributed by atoms with van der Waals surface area (Å²) in [5, 5.41) is 4.66. The van der Waals surface area contributed by atoms with Crippen molar-refractivity contribution in [1.29, 1.82) is 0 Å². The van der Waals surface area contributed by atoms with Crippen LogP contribution in [0.25, 0.3) is 10.9 Å². The van der Waals surface area contributed by atoms with Crippen LogP contribution in [0.5, 0.6) is 11.5 Å². The molecule has 3 heterocycles. The van der Waals surface area contributed by atoms with Gasteiger partial charge in [0, 0.05) is 25.2 Å². The SMILES string of the molecule is COc1cc(OC)c2ncnc(N3CCC(C4CCCN4)CC3)c2c1. The van der Waals surface area contributed by atoms with Crippen molar-refractivity contribution in [2.24, 2.45) is 5.92 Å². The molecule has 0 aliphatic carbocycles. The van der Waals surface area contributed by atoms with Gasteiger partial charge < -0.3 is 19.7 Å². The lowest BCUT2D eigenvalue weighted by atomic mass is 9.88. The minimum absolute atomic E-state index is 0.712. The Kier molecular flexibility index (Phi) is 4.61. The molecule has 0 spiro atoms. The molecular weight excluding hydrogens is 316 g/mol. The van der Waals surface area contributed by atoms with E-state index in [4.69, 9.17) is 9.47 Å². The maximum Gasteiger partial charge on any atom is 0.148 e. The van der Waals surface area contributed by atoms with Crippen LogP contribution in [0.2, 0.25) is 0 Å². The van der Waals surface area contributed by atoms with E-state index in [0.29, 0.717) is 6.04 Å². The van der Waals surface area contributed by atoms with E-state index in [1.807, 2.05) is 12.1 Å². The van der Waals surface area contributed by atoms with Crippen LogP contribution in [0.1, 0.15) is 25.7 Å². The Morgan fingerprint density at radius 1 is 1.08 bits per heavy atom. The normalized spacial score (nSPS) is 21.7. The quantitative estimate of drug-likeness (QED) is 0.922. The highest BCUT2D eigenvalue weighted by Crippen LogP contribution is 2.36. The largest absolute Gasteiger partial charge is 0.497 e. The van der Waals surface area contributed by atoms with Crippen LogP contribution < -0.4 is 19.7 Å². The summed E-state index contributed by atoms with van der Waals surface area (Å²) in [5.74, 6) is 3.27. The molecule has 134 valence electrons. The van der Waals surface area contributed by atoms with Gasteiger partial charge in [-0.2, -0.15) is 0 Å². The Morgan fingerprint density at radius 2 is 1.92 bits per heavy atom. The second-order valence-corrected chi connectivity index (χ2v) is 6.95. The summed E-state index contributed by atoms with van der Waals surface area (Å²) in [7, 11) is 3.33. The molecule has 0 bridgehead atoms. The van der Waals surface area contributed by atoms with Crippen LogP contribution in [-0.4, -0.2) is 49.9 Å². The molecule has 1 N–H and O–H groups in total. The van der Waals surface area contributed by atoms with Gasteiger partial charge in [-0.15, -0.1) is 0 Å². The third-order valence-corrected chi connectivity index (χ3v) is 5.62. The van der Waals surface area contributed by atoms with E-state index in [9.17, 15) is 0 Å². The molecule has 1 aromatic heterocycles. The number of anilines is 1. The fourth-order valence-corrected chi connectivity index (χ4v) is 4.25. The van der Waals surface area contributed by atoms with Gasteiger partial charge in [0.2, 0.25) is 0 Å². The Morgan fingerprint density at radius 3 is 2.60 bits per heavy atom. The number of rotatable bonds is 4. The topological polar surface area (TPSA) is 59.5 Å². The molecule has 2 aromatic rings. The highest BCUT2D eigenvalue weighted by atomic mass is 16.5. The average molecular weight is 342 g/mol. The zero-order chi connectivity index (χ0) is 17.2. The summed E-state index contributed by atoms with van der Waals surface area (Å²) in [4.78, 5) is 11.4. The lowest BCUT2D eigenvalue weighted by Gasteiger charge is -2.36. The first kappa shape index (κ1) is 16.4. The van der Waals surface area contributed by atoms with Crippen molar-refractivity contribution in [3.63, 3.8) is 0 Å². The number of piperidine rings is 1. The summed E-state index contributed by atoms with van der Waals surface area (Å²) in [5.41, 5.74) is 0.841. The zero-order valence-corrected chi connectivity index (χ0v) is 15.0. The molecular formula is C19H26N4O2. The van der Waals surface area contributed by atoms with Crippen LogP contribution in [-0.2, 0) is 0 Å². The summed E-state index contributed by atoms with van der Waals surface area (Å²) in [6.07, 6.45) is 6.71. The summed E-state index contributed by atoms with van der Waals surface area (Å²) < 4.78 is 10.9. The lowest BCUT2D eigenvalue weighted by Crippen LogP contribution is -2.41. The van der Waals surface area contributed by atoms with E-state index in [0.717, 1.165) is 47.2 Å². The predicted molar refractivity (Wildman–Crippen MR) is 98.6 cm³/mol. The smallest absolute Gasteiger partial charge is 0.148 e. The molecule has 0 amide bonds. The van der Waals surface area contributed by atoms with Crippen molar-refractivity contribution >= 4 is 16.7 Å². The number of nitrogens with zero attached hydrogens (tertiary/aromatic N) is 3. The second kappa shape index (κ2) is 7.04. The second-order valence-electron chi connectivity index (χ2n) is 6.95. The van der Waals surface area contributed by atoms with E-state index in [-0.39, 0.29) is 0 Å². The molecule has 2 aliphatic heterocycles. The zero-order valence-electron chi connectivity index (χ0n) is 15.0. The van der Waals surface area contributed by atoms with Crippen LogP contribution in [0.4, 0.5) is 5.82 Å². The number of ether oxygens (including phenoxy) is 2. The molecule has 2 saturated heterocycles. The minimum atomic E-state index is 0.712. The Labute approximate surface area is 148 Å². The van der Waals surface area contributed by atoms with E-state index < -0.39 is 0 Å². The molecule has 25 heavy (non-hydrogen) atoms. The molecule has 6 heteroatoms. The first-order chi connectivity index (χ1) is 12.3. The van der Waals surface area contributed by atoms with E-state index in [1.165, 1.54) is 32.2 Å². The number of hydrogen-bond acceptors (Lipinski definition) is 6. The standard InChI is InChI=1S/C19H26N4O2/c1-24-14-10-15-18(17(11-14)25-2)21-12-22-19(15)23-8-5-13(6-9-23)16-4-3-7-20-16/h10-13,16,20H,3-9H2,1-2H3. The van der Waals surface area contributed by atoms with Crippen molar-refractivity contribution in [3.05, 3.63) is 18.5 Å². The lowest BCUT2D eigenvalue weighted by molar-refractivity contribution is 0.318. The number of fused-ring (bicyclic) bond motifs is 1. The maximum atomic E-state index is 5.50. The minimum Gasteiger partial charge on any atom is -0.497 e. The summed E-state index contributed by atoms with van der Waals surface area (Å²) >= 11 is 0. The Balaban J connectivity index is 1.61. The molecule has 0 radical (unpaired) electrons. The van der Waals surface area contributed by atoms with Gasteiger partial charge in [-0.1, -0.05) is 0 Å². The Bertz CT molecular complexity index is 738. The van der Waals surface area contributed by atoms with Crippen molar-refractivity contribution < 1.29 is 9.47 Å². The van der Waals surface area contributed by atoms with Gasteiger partial charge in [0.15, 0.2) is 0 Å². The number of methoxy groups -OCH3 is 2. The number of aromatic nitrogens is 2. The number of benzene rings is 1. The monoisotopic (exact) mass is 342 g/mol. The molecule has 2 aliphatic rings. The fourth-order valence-electron chi connectivity index (χ4n) is 4.25. The highest BCUT2D eigenvalue weighted by Gasteiger charge is 2.29. The van der Waals surface area contributed by atoms with Crippen LogP contribution >= 0.6 is 0 Å². The third kappa shape index (κ3) is 3.11. The van der Waals surface area contributed by atoms with Crippen LogP contribution in [0, 0.1) is 5.92 Å². The van der Waals surface area contributed by atoms with Crippen molar-refractivity contribution in [1.82, 2.24) is 15.3 Å². The molecule has 0 saturated carbocycles. The predicted octanol–water partition coefficient (Wildman–Crippen LogP) is 2.62. The van der Waals surface area contributed by atoms with Gasteiger partial charge in [-0.3, -0.25) is 0 Å². The summed E-state index contributed by atoms with van der Waals surface area (Å²) in [6.45, 7) is 3.25. The van der Waals surface area contributed by atoms with Gasteiger partial charge in [-0.25, -0.2) is 9.97 Å². The highest BCUT2D eigenvalue weighted by molar-refractivity contribution is 5.94. The van der Waals surface area contributed by atoms with Gasteiger partial charge in [0.05, 0.1) is 19.6 Å². The molecule has 1 aromatic carbocycles. The van der Waals surface area contributed by atoms with Crippen LogP contribution in [0.15, 0.2) is 18.5 Å². The van der Waals surface area contributed by atoms with E-state index >= 15 is 0 Å². The fraction of sp³-hybridized carbons (Fsp3) is 0.579. The van der Waals surface area contributed by atoms with Crippen molar-refractivity contribution in [2.75, 3.05) is 38.8 Å². The van der Waals surface area contributed by atoms with Crippen LogP contribution in [0.3, 0.4) is 0 Å².